The Hall–Kier alpha value is -1.45. The number of allylic oxidation sites excluding steroid dienone is 2. The minimum atomic E-state index is -0.755. The fourth-order valence-electron chi connectivity index (χ4n) is 1.34. The molecule has 0 radical (unpaired) electrons. The summed E-state index contributed by atoms with van der Waals surface area (Å²) in [6.45, 7) is 0. The Kier molecular flexibility index (Phi) is 9.17. The van der Waals surface area contributed by atoms with Gasteiger partial charge < -0.3 is 5.11 Å². The number of hydrogen-bond acceptors (Lipinski definition) is 3. The molecule has 0 saturated heterocycles. The number of ketones is 1. The average molecular weight is 226 g/mol. The van der Waals surface area contributed by atoms with Gasteiger partial charge in [-0.2, -0.15) is 0 Å². The first-order chi connectivity index (χ1) is 7.66. The lowest BCUT2D eigenvalue weighted by molar-refractivity contribution is -0.137. The molecule has 0 aliphatic rings. The standard InChI is InChI=1S/C12H18O4/c13-10-6-8-11(14)7-4-2-1-3-5-9-12(15)16/h6,8,10H,1-5,7,9H2,(H,15,16)/b8-6+. The molecule has 0 saturated carbocycles. The Bertz CT molecular complexity index is 256. The Morgan fingerprint density at radius 1 is 0.938 bits per heavy atom. The van der Waals surface area contributed by atoms with E-state index in [1.54, 1.807) is 0 Å². The van der Waals surface area contributed by atoms with E-state index in [-0.39, 0.29) is 12.2 Å². The van der Waals surface area contributed by atoms with Crippen molar-refractivity contribution >= 4 is 18.0 Å². The van der Waals surface area contributed by atoms with Crippen LogP contribution in [0.4, 0.5) is 0 Å². The first-order valence-corrected chi connectivity index (χ1v) is 5.53. The Balaban J connectivity index is 3.26. The Morgan fingerprint density at radius 3 is 2.06 bits per heavy atom. The van der Waals surface area contributed by atoms with Crippen molar-refractivity contribution in [3.8, 4) is 0 Å². The summed E-state index contributed by atoms with van der Waals surface area (Å²) in [5, 5.41) is 8.39. The smallest absolute Gasteiger partial charge is 0.303 e. The number of unbranched alkanes of at least 4 members (excludes halogenated alkanes) is 4. The molecule has 90 valence electrons. The van der Waals surface area contributed by atoms with Gasteiger partial charge in [0.05, 0.1) is 0 Å². The molecule has 4 heteroatoms. The largest absolute Gasteiger partial charge is 0.481 e. The minimum Gasteiger partial charge on any atom is -0.481 e. The SMILES string of the molecule is O=C/C=C/C(=O)CCCCCCCC(=O)O. The van der Waals surface area contributed by atoms with Crippen molar-refractivity contribution in [1.82, 2.24) is 0 Å². The molecule has 0 bridgehead atoms. The third-order valence-corrected chi connectivity index (χ3v) is 2.17. The lowest BCUT2D eigenvalue weighted by Gasteiger charge is -1.98. The van der Waals surface area contributed by atoms with Gasteiger partial charge in [0.15, 0.2) is 5.78 Å². The van der Waals surface area contributed by atoms with Crippen molar-refractivity contribution < 1.29 is 19.5 Å². The summed E-state index contributed by atoms with van der Waals surface area (Å²) in [7, 11) is 0. The normalized spacial score (nSPS) is 10.5. The van der Waals surface area contributed by atoms with E-state index in [1.165, 1.54) is 12.2 Å². The summed E-state index contributed by atoms with van der Waals surface area (Å²) in [6.07, 6.45) is 8.05. The molecule has 0 aromatic heterocycles. The molecule has 0 spiro atoms. The van der Waals surface area contributed by atoms with Crippen LogP contribution in [0.15, 0.2) is 12.2 Å². The van der Waals surface area contributed by atoms with Crippen LogP contribution < -0.4 is 0 Å². The molecular weight excluding hydrogens is 208 g/mol. The first kappa shape index (κ1) is 14.6. The predicted octanol–water partition coefficient (Wildman–Crippen LogP) is 2.13. The second-order valence-electron chi connectivity index (χ2n) is 3.62. The summed E-state index contributed by atoms with van der Waals surface area (Å²) >= 11 is 0. The molecule has 0 rings (SSSR count). The molecule has 0 heterocycles. The van der Waals surface area contributed by atoms with E-state index in [0.29, 0.717) is 19.1 Å². The monoisotopic (exact) mass is 226 g/mol. The quantitative estimate of drug-likeness (QED) is 0.352. The van der Waals surface area contributed by atoms with Crippen molar-refractivity contribution in [3.63, 3.8) is 0 Å². The van der Waals surface area contributed by atoms with Crippen molar-refractivity contribution in [2.24, 2.45) is 0 Å². The van der Waals surface area contributed by atoms with E-state index in [1.807, 2.05) is 0 Å². The second kappa shape index (κ2) is 10.1. The van der Waals surface area contributed by atoms with Crippen molar-refractivity contribution in [2.45, 2.75) is 44.9 Å². The zero-order chi connectivity index (χ0) is 12.2. The van der Waals surface area contributed by atoms with Gasteiger partial charge in [0, 0.05) is 12.8 Å². The number of rotatable bonds is 10. The fraction of sp³-hybridized carbons (Fsp3) is 0.583. The van der Waals surface area contributed by atoms with Crippen LogP contribution in [0.25, 0.3) is 0 Å². The molecular formula is C12H18O4. The maximum atomic E-state index is 11.1. The number of aliphatic carboxylic acids is 1. The summed E-state index contributed by atoms with van der Waals surface area (Å²) < 4.78 is 0. The van der Waals surface area contributed by atoms with Crippen LogP contribution in [0.2, 0.25) is 0 Å². The van der Waals surface area contributed by atoms with Gasteiger partial charge in [-0.15, -0.1) is 0 Å². The molecule has 0 atom stereocenters. The van der Waals surface area contributed by atoms with Gasteiger partial charge in [-0.25, -0.2) is 0 Å². The van der Waals surface area contributed by atoms with E-state index in [0.717, 1.165) is 25.7 Å². The molecule has 0 aliphatic carbocycles. The second-order valence-corrected chi connectivity index (χ2v) is 3.62. The zero-order valence-corrected chi connectivity index (χ0v) is 9.35. The van der Waals surface area contributed by atoms with Crippen molar-refractivity contribution in [1.29, 1.82) is 0 Å². The van der Waals surface area contributed by atoms with Crippen molar-refractivity contribution in [3.05, 3.63) is 12.2 Å². The summed E-state index contributed by atoms with van der Waals surface area (Å²) in [6, 6.07) is 0. The van der Waals surface area contributed by atoms with Crippen LogP contribution in [0.5, 0.6) is 0 Å². The van der Waals surface area contributed by atoms with Gasteiger partial charge in [0.25, 0.3) is 0 Å². The summed E-state index contributed by atoms with van der Waals surface area (Å²) in [5.74, 6) is -0.785. The Morgan fingerprint density at radius 2 is 1.50 bits per heavy atom. The molecule has 0 unspecified atom stereocenters. The molecule has 0 aromatic rings. The average Bonchev–Trinajstić information content (AvgIpc) is 2.24. The van der Waals surface area contributed by atoms with Crippen LogP contribution in [-0.4, -0.2) is 23.1 Å². The minimum absolute atomic E-state index is 0.0300. The maximum Gasteiger partial charge on any atom is 0.303 e. The van der Waals surface area contributed by atoms with Gasteiger partial charge >= 0.3 is 5.97 Å². The zero-order valence-electron chi connectivity index (χ0n) is 9.35. The van der Waals surface area contributed by atoms with E-state index in [2.05, 4.69) is 0 Å². The lowest BCUT2D eigenvalue weighted by atomic mass is 10.1. The van der Waals surface area contributed by atoms with Crippen LogP contribution in [-0.2, 0) is 14.4 Å². The predicted molar refractivity (Wildman–Crippen MR) is 60.2 cm³/mol. The number of hydrogen-bond donors (Lipinski definition) is 1. The van der Waals surface area contributed by atoms with E-state index in [9.17, 15) is 14.4 Å². The van der Waals surface area contributed by atoms with Gasteiger partial charge in [0.2, 0.25) is 0 Å². The maximum absolute atomic E-state index is 11.1. The highest BCUT2D eigenvalue weighted by molar-refractivity contribution is 5.92. The van der Waals surface area contributed by atoms with Gasteiger partial charge in [0.1, 0.15) is 6.29 Å². The Labute approximate surface area is 95.3 Å². The van der Waals surface area contributed by atoms with Crippen LogP contribution in [0, 0.1) is 0 Å². The van der Waals surface area contributed by atoms with Crippen LogP contribution >= 0.6 is 0 Å². The highest BCUT2D eigenvalue weighted by Crippen LogP contribution is 2.07. The highest BCUT2D eigenvalue weighted by atomic mass is 16.4. The first-order valence-electron chi connectivity index (χ1n) is 5.53. The van der Waals surface area contributed by atoms with E-state index >= 15 is 0 Å². The number of carbonyl (C=O) groups excluding carboxylic acids is 2. The van der Waals surface area contributed by atoms with Crippen LogP contribution in [0.1, 0.15) is 44.9 Å². The number of carboxylic acid groups (broad SMARTS) is 1. The topological polar surface area (TPSA) is 71.4 Å². The molecule has 0 aromatic carbocycles. The summed E-state index contributed by atoms with van der Waals surface area (Å²) in [5.41, 5.74) is 0. The highest BCUT2D eigenvalue weighted by Gasteiger charge is 1.98. The molecule has 0 aliphatic heterocycles. The van der Waals surface area contributed by atoms with E-state index < -0.39 is 5.97 Å². The van der Waals surface area contributed by atoms with Gasteiger partial charge in [-0.1, -0.05) is 19.3 Å². The van der Waals surface area contributed by atoms with E-state index in [4.69, 9.17) is 5.11 Å². The number of aldehydes is 1. The third kappa shape index (κ3) is 10.6. The molecule has 0 fully saturated rings. The van der Waals surface area contributed by atoms with Gasteiger partial charge in [-0.3, -0.25) is 14.4 Å². The lowest BCUT2D eigenvalue weighted by Crippen LogP contribution is -1.94. The number of carbonyl (C=O) groups is 3. The van der Waals surface area contributed by atoms with Crippen LogP contribution in [0.3, 0.4) is 0 Å². The van der Waals surface area contributed by atoms with Crippen molar-refractivity contribution in [2.75, 3.05) is 0 Å². The summed E-state index contributed by atoms with van der Waals surface area (Å²) in [4.78, 5) is 31.2. The molecule has 16 heavy (non-hydrogen) atoms. The molecule has 1 N–H and O–H groups in total. The fourth-order valence-corrected chi connectivity index (χ4v) is 1.34. The number of carboxylic acids is 1. The molecule has 0 amide bonds. The van der Waals surface area contributed by atoms with Gasteiger partial charge in [-0.05, 0) is 25.0 Å². The third-order valence-electron chi connectivity index (χ3n) is 2.17. The molecule has 4 nitrogen and oxygen atoms in total.